The van der Waals surface area contributed by atoms with E-state index in [9.17, 15) is 4.79 Å². The van der Waals surface area contributed by atoms with Crippen molar-refractivity contribution in [2.24, 2.45) is 0 Å². The number of nitrogens with one attached hydrogen (secondary N) is 2. The molecule has 1 atom stereocenters. The zero-order chi connectivity index (χ0) is 11.9. The Morgan fingerprint density at radius 3 is 2.56 bits per heavy atom. The van der Waals surface area contributed by atoms with Gasteiger partial charge in [-0.3, -0.25) is 4.79 Å². The van der Waals surface area contributed by atoms with Gasteiger partial charge in [-0.05, 0) is 24.0 Å². The molecule has 0 unspecified atom stereocenters. The molecule has 0 aliphatic carbocycles. The lowest BCUT2D eigenvalue weighted by Gasteiger charge is -2.31. The van der Waals surface area contributed by atoms with E-state index in [0.717, 1.165) is 11.4 Å². The number of benzene rings is 1. The number of carbonyl (C=O) groups is 1. The Hall–Kier alpha value is -1.51. The maximum Gasteiger partial charge on any atom is 0.246 e. The van der Waals surface area contributed by atoms with Crippen LogP contribution in [0.5, 0.6) is 0 Å². The molecular weight excluding hydrogens is 200 g/mol. The Kier molecular flexibility index (Phi) is 2.41. The number of carbonyl (C=O) groups excluding carboxylic acids is 1. The van der Waals surface area contributed by atoms with Gasteiger partial charge in [0.1, 0.15) is 6.04 Å². The number of anilines is 2. The largest absolute Gasteiger partial charge is 0.372 e. The maximum atomic E-state index is 11.5. The fourth-order valence-electron chi connectivity index (χ4n) is 1.96. The summed E-state index contributed by atoms with van der Waals surface area (Å²) >= 11 is 0. The first kappa shape index (κ1) is 11.0. The summed E-state index contributed by atoms with van der Waals surface area (Å²) in [5, 5.41) is 6.19. The van der Waals surface area contributed by atoms with Crippen LogP contribution in [0.1, 0.15) is 33.3 Å². The van der Waals surface area contributed by atoms with Crippen molar-refractivity contribution in [2.45, 2.75) is 39.2 Å². The number of fused-ring (bicyclic) bond motifs is 1. The van der Waals surface area contributed by atoms with E-state index in [2.05, 4.69) is 37.5 Å². The van der Waals surface area contributed by atoms with Gasteiger partial charge in [0, 0.05) is 0 Å². The van der Waals surface area contributed by atoms with Crippen molar-refractivity contribution in [3.63, 3.8) is 0 Å². The Labute approximate surface area is 96.2 Å². The number of amides is 1. The molecule has 86 valence electrons. The summed E-state index contributed by atoms with van der Waals surface area (Å²) in [4.78, 5) is 11.5. The normalized spacial score (nSPS) is 19.8. The smallest absolute Gasteiger partial charge is 0.246 e. The highest BCUT2D eigenvalue weighted by molar-refractivity contribution is 6.03. The SMILES string of the molecule is C[C@H]1Nc2c(cccc2C(C)(C)C)NC1=O. The van der Waals surface area contributed by atoms with Gasteiger partial charge in [-0.25, -0.2) is 0 Å². The topological polar surface area (TPSA) is 41.1 Å². The van der Waals surface area contributed by atoms with Crippen LogP contribution in [0.25, 0.3) is 0 Å². The fraction of sp³-hybridized carbons (Fsp3) is 0.462. The molecule has 0 spiro atoms. The summed E-state index contributed by atoms with van der Waals surface area (Å²) in [6.07, 6.45) is 0. The molecule has 1 aromatic rings. The van der Waals surface area contributed by atoms with Crippen LogP contribution in [0.3, 0.4) is 0 Å². The van der Waals surface area contributed by atoms with Crippen molar-refractivity contribution in [3.8, 4) is 0 Å². The van der Waals surface area contributed by atoms with Crippen LogP contribution in [0.2, 0.25) is 0 Å². The molecule has 0 saturated carbocycles. The molecule has 2 rings (SSSR count). The van der Waals surface area contributed by atoms with Gasteiger partial charge in [0.25, 0.3) is 0 Å². The molecule has 0 radical (unpaired) electrons. The van der Waals surface area contributed by atoms with E-state index < -0.39 is 0 Å². The molecular formula is C13H18N2O. The summed E-state index contributed by atoms with van der Waals surface area (Å²) in [5.41, 5.74) is 3.25. The molecule has 16 heavy (non-hydrogen) atoms. The molecule has 1 aromatic carbocycles. The average molecular weight is 218 g/mol. The first-order valence-corrected chi connectivity index (χ1v) is 5.60. The molecule has 0 saturated heterocycles. The first-order chi connectivity index (χ1) is 7.39. The third-order valence-corrected chi connectivity index (χ3v) is 2.88. The fourth-order valence-corrected chi connectivity index (χ4v) is 1.96. The van der Waals surface area contributed by atoms with Gasteiger partial charge in [-0.1, -0.05) is 32.9 Å². The monoisotopic (exact) mass is 218 g/mol. The predicted octanol–water partition coefficient (Wildman–Crippen LogP) is 2.74. The Morgan fingerprint density at radius 2 is 1.94 bits per heavy atom. The van der Waals surface area contributed by atoms with Gasteiger partial charge in [0.05, 0.1) is 11.4 Å². The molecule has 1 heterocycles. The summed E-state index contributed by atoms with van der Waals surface area (Å²) in [5.74, 6) is 0.0264. The van der Waals surface area contributed by atoms with E-state index in [0.29, 0.717) is 0 Å². The quantitative estimate of drug-likeness (QED) is 0.703. The van der Waals surface area contributed by atoms with Gasteiger partial charge in [-0.2, -0.15) is 0 Å². The van der Waals surface area contributed by atoms with Crippen LogP contribution in [0.4, 0.5) is 11.4 Å². The lowest BCUT2D eigenvalue weighted by atomic mass is 9.84. The second-order valence-electron chi connectivity index (χ2n) is 5.33. The Morgan fingerprint density at radius 1 is 1.25 bits per heavy atom. The number of para-hydroxylation sites is 1. The van der Waals surface area contributed by atoms with Crippen molar-refractivity contribution in [3.05, 3.63) is 23.8 Å². The molecule has 0 bridgehead atoms. The minimum atomic E-state index is -0.170. The van der Waals surface area contributed by atoms with E-state index >= 15 is 0 Å². The van der Waals surface area contributed by atoms with Crippen LogP contribution in [0, 0.1) is 0 Å². The maximum absolute atomic E-state index is 11.5. The molecule has 0 aromatic heterocycles. The van der Waals surface area contributed by atoms with Crippen molar-refractivity contribution in [1.82, 2.24) is 0 Å². The standard InChI is InChI=1S/C13H18N2O/c1-8-12(16)15-10-7-5-6-9(11(10)14-8)13(2,3)4/h5-8,14H,1-4H3,(H,15,16)/t8-/m1/s1. The minimum absolute atomic E-state index is 0.0264. The number of hydrogen-bond donors (Lipinski definition) is 2. The predicted molar refractivity (Wildman–Crippen MR) is 66.9 cm³/mol. The van der Waals surface area contributed by atoms with Gasteiger partial charge in [0.2, 0.25) is 5.91 Å². The molecule has 2 N–H and O–H groups in total. The van der Waals surface area contributed by atoms with Crippen LogP contribution < -0.4 is 10.6 Å². The van der Waals surface area contributed by atoms with Gasteiger partial charge in [-0.15, -0.1) is 0 Å². The van der Waals surface area contributed by atoms with Crippen molar-refractivity contribution in [2.75, 3.05) is 10.6 Å². The second-order valence-corrected chi connectivity index (χ2v) is 5.33. The lowest BCUT2D eigenvalue weighted by molar-refractivity contribution is -0.116. The van der Waals surface area contributed by atoms with E-state index in [1.807, 2.05) is 19.1 Å². The molecule has 1 aliphatic rings. The van der Waals surface area contributed by atoms with Crippen LogP contribution in [0.15, 0.2) is 18.2 Å². The summed E-state index contributed by atoms with van der Waals surface area (Å²) in [6.45, 7) is 8.39. The summed E-state index contributed by atoms with van der Waals surface area (Å²) in [7, 11) is 0. The van der Waals surface area contributed by atoms with Crippen molar-refractivity contribution >= 4 is 17.3 Å². The van der Waals surface area contributed by atoms with E-state index in [-0.39, 0.29) is 17.4 Å². The highest BCUT2D eigenvalue weighted by Gasteiger charge is 2.27. The summed E-state index contributed by atoms with van der Waals surface area (Å²) in [6, 6.07) is 5.85. The molecule has 1 amide bonds. The highest BCUT2D eigenvalue weighted by Crippen LogP contribution is 2.37. The van der Waals surface area contributed by atoms with E-state index in [1.165, 1.54) is 5.56 Å². The lowest BCUT2D eigenvalue weighted by Crippen LogP contribution is -2.37. The van der Waals surface area contributed by atoms with Gasteiger partial charge < -0.3 is 10.6 Å². The molecule has 1 aliphatic heterocycles. The van der Waals surface area contributed by atoms with Crippen molar-refractivity contribution < 1.29 is 4.79 Å². The van der Waals surface area contributed by atoms with Crippen LogP contribution in [-0.4, -0.2) is 11.9 Å². The molecule has 3 heteroatoms. The third kappa shape index (κ3) is 1.77. The average Bonchev–Trinajstić information content (AvgIpc) is 2.17. The van der Waals surface area contributed by atoms with Gasteiger partial charge in [0.15, 0.2) is 0 Å². The van der Waals surface area contributed by atoms with E-state index in [4.69, 9.17) is 0 Å². The van der Waals surface area contributed by atoms with Crippen LogP contribution >= 0.6 is 0 Å². The van der Waals surface area contributed by atoms with E-state index in [1.54, 1.807) is 0 Å². The van der Waals surface area contributed by atoms with Crippen LogP contribution in [-0.2, 0) is 10.2 Å². The first-order valence-electron chi connectivity index (χ1n) is 5.60. The minimum Gasteiger partial charge on any atom is -0.372 e. The zero-order valence-electron chi connectivity index (χ0n) is 10.2. The van der Waals surface area contributed by atoms with Crippen molar-refractivity contribution in [1.29, 1.82) is 0 Å². The Bertz CT molecular complexity index is 432. The highest BCUT2D eigenvalue weighted by atomic mass is 16.2. The number of hydrogen-bond acceptors (Lipinski definition) is 2. The third-order valence-electron chi connectivity index (χ3n) is 2.88. The summed E-state index contributed by atoms with van der Waals surface area (Å²) < 4.78 is 0. The second kappa shape index (κ2) is 3.51. The molecule has 3 nitrogen and oxygen atoms in total. The zero-order valence-corrected chi connectivity index (χ0v) is 10.2. The van der Waals surface area contributed by atoms with Gasteiger partial charge >= 0.3 is 0 Å². The number of rotatable bonds is 0. The molecule has 0 fully saturated rings. The Balaban J connectivity index is 2.53.